The van der Waals surface area contributed by atoms with Crippen LogP contribution >= 0.6 is 0 Å². The van der Waals surface area contributed by atoms with Crippen molar-refractivity contribution in [3.63, 3.8) is 0 Å². The first-order valence-corrected chi connectivity index (χ1v) is 24.1. The first-order valence-electron chi connectivity index (χ1n) is 24.1. The van der Waals surface area contributed by atoms with Crippen LogP contribution < -0.4 is 21.3 Å². The van der Waals surface area contributed by atoms with E-state index in [1.807, 2.05) is 0 Å². The van der Waals surface area contributed by atoms with E-state index in [9.17, 15) is 0 Å². The molecule has 0 radical (unpaired) electrons. The number of para-hydroxylation sites is 1. The van der Waals surface area contributed by atoms with Gasteiger partial charge in [-0.2, -0.15) is 0 Å². The summed E-state index contributed by atoms with van der Waals surface area (Å²) in [6, 6.07) is 99.9. The van der Waals surface area contributed by atoms with Gasteiger partial charge in [-0.3, -0.25) is 0 Å². The normalized spacial score (nSPS) is 13.3. The largest absolute Gasteiger partial charge is 0.310 e. The molecule has 2 heterocycles. The third-order valence-electron chi connectivity index (χ3n) is 15.1. The third kappa shape index (κ3) is 5.92. The van der Waals surface area contributed by atoms with Crippen LogP contribution in [0.2, 0.25) is 0 Å². The molecule has 1 spiro atoms. The van der Waals surface area contributed by atoms with Crippen molar-refractivity contribution in [3.05, 3.63) is 289 Å². The van der Waals surface area contributed by atoms with Gasteiger partial charge in [-0.15, -0.1) is 0 Å². The van der Waals surface area contributed by atoms with Crippen LogP contribution in [0.4, 0.5) is 17.1 Å². The number of nitrogens with zero attached hydrogens (tertiary/aromatic N) is 1. The first kappa shape index (κ1) is 39.5. The number of benzene rings is 11. The molecule has 0 unspecified atom stereocenters. The molecule has 0 fully saturated rings. The fourth-order valence-electron chi connectivity index (χ4n) is 12.3. The summed E-state index contributed by atoms with van der Waals surface area (Å²) >= 11 is 0. The molecule has 11 aromatic carbocycles. The summed E-state index contributed by atoms with van der Waals surface area (Å²) in [6.07, 6.45) is 0. The minimum atomic E-state index is -0.621. The molecule has 0 saturated heterocycles. The van der Waals surface area contributed by atoms with Crippen LogP contribution in [0.15, 0.2) is 267 Å². The van der Waals surface area contributed by atoms with Crippen LogP contribution in [0, 0.1) is 0 Å². The maximum Gasteiger partial charge on any atom is 0.247 e. The van der Waals surface area contributed by atoms with Gasteiger partial charge < -0.3 is 4.90 Å². The Bertz CT molecular complexity index is 3670. The molecule has 11 aromatic rings. The van der Waals surface area contributed by atoms with Gasteiger partial charge in [0.2, 0.25) is 6.71 Å². The lowest BCUT2D eigenvalue weighted by Crippen LogP contribution is -2.65. The molecular weight excluding hydrogens is 830 g/mol. The maximum atomic E-state index is 2.66. The minimum Gasteiger partial charge on any atom is -0.310 e. The van der Waals surface area contributed by atoms with E-state index in [-0.39, 0.29) is 6.71 Å². The van der Waals surface area contributed by atoms with Crippen LogP contribution in [-0.4, -0.2) is 6.71 Å². The zero-order chi connectivity index (χ0) is 45.5. The molecule has 0 amide bonds. The van der Waals surface area contributed by atoms with Gasteiger partial charge in [0.25, 0.3) is 0 Å². The van der Waals surface area contributed by atoms with Crippen LogP contribution in [0.25, 0.3) is 66.8 Å². The zero-order valence-electron chi connectivity index (χ0n) is 37.9. The Hall–Kier alpha value is -8.72. The van der Waals surface area contributed by atoms with E-state index in [2.05, 4.69) is 272 Å². The van der Waals surface area contributed by atoms with Gasteiger partial charge in [0.1, 0.15) is 0 Å². The average Bonchev–Trinajstić information content (AvgIpc) is 3.73. The van der Waals surface area contributed by atoms with Gasteiger partial charge in [0.05, 0.1) is 11.1 Å². The molecule has 0 atom stereocenters. The lowest BCUT2D eigenvalue weighted by Gasteiger charge is -2.48. The fourth-order valence-corrected chi connectivity index (χ4v) is 12.3. The molecule has 1 aliphatic carbocycles. The van der Waals surface area contributed by atoms with Gasteiger partial charge in [0.15, 0.2) is 0 Å². The summed E-state index contributed by atoms with van der Waals surface area (Å²) in [5.74, 6) is 0. The highest BCUT2D eigenvalue weighted by Gasteiger charge is 2.55. The zero-order valence-corrected chi connectivity index (χ0v) is 37.9. The summed E-state index contributed by atoms with van der Waals surface area (Å²) in [7, 11) is 0. The molecule has 3 aliphatic rings. The molecule has 0 aromatic heterocycles. The van der Waals surface area contributed by atoms with Gasteiger partial charge in [0, 0.05) is 22.5 Å². The molecule has 0 N–H and O–H groups in total. The second kappa shape index (κ2) is 15.7. The van der Waals surface area contributed by atoms with E-state index in [0.717, 1.165) is 0 Å². The lowest BCUT2D eigenvalue weighted by molar-refractivity contribution is 0.775. The van der Waals surface area contributed by atoms with E-state index in [1.165, 1.54) is 122 Å². The SMILES string of the molecule is c1ccc(-c2ccc3c(c2)B2c4cc(-c5ccccc5)ccc4C4(c5ccccc5-c5ccccc54)c4cc(-c5ccccc5)cc(c42)N3c2c(-c3ccccc3)cccc2-c2ccccc2)cc1. The molecule has 14 rings (SSSR count). The van der Waals surface area contributed by atoms with Crippen molar-refractivity contribution in [2.45, 2.75) is 5.41 Å². The number of fused-ring (bicyclic) bond motifs is 11. The monoisotopic (exact) mass is 873 g/mol. The topological polar surface area (TPSA) is 3.24 Å². The Kier molecular flexibility index (Phi) is 8.97. The highest BCUT2D eigenvalue weighted by atomic mass is 15.2. The molecule has 1 nitrogen and oxygen atoms in total. The van der Waals surface area contributed by atoms with Crippen molar-refractivity contribution < 1.29 is 0 Å². The van der Waals surface area contributed by atoms with Crippen molar-refractivity contribution >= 4 is 40.2 Å². The van der Waals surface area contributed by atoms with E-state index in [0.29, 0.717) is 0 Å². The van der Waals surface area contributed by atoms with Gasteiger partial charge in [-0.25, -0.2) is 0 Å². The standard InChI is InChI=1S/C67H44BN/c1-6-21-45(22-7-1)50-37-39-59-61(42-50)68-62-43-51(46-23-8-2-9-24-46)38-40-63(62)69(66-53(48-27-12-4-13-28-48)33-20-34-54(66)49-29-14-5-15-30-49)64-44-52(47-25-10-3-11-26-47)41-60(65(64)68)67(59)57-35-18-16-31-55(57)56-32-17-19-36-58(56)67/h1-44H. The van der Waals surface area contributed by atoms with Gasteiger partial charge >= 0.3 is 0 Å². The minimum absolute atomic E-state index is 0.0944. The Morgan fingerprint density at radius 1 is 0.261 bits per heavy atom. The molecule has 0 bridgehead atoms. The molecule has 2 heteroatoms. The van der Waals surface area contributed by atoms with Crippen molar-refractivity contribution in [1.82, 2.24) is 0 Å². The molecule has 2 aliphatic heterocycles. The van der Waals surface area contributed by atoms with Crippen LogP contribution in [0.1, 0.15) is 22.3 Å². The molecular formula is C67H44BN. The second-order valence-electron chi connectivity index (χ2n) is 18.7. The molecule has 0 saturated carbocycles. The van der Waals surface area contributed by atoms with Crippen LogP contribution in [0.3, 0.4) is 0 Å². The smallest absolute Gasteiger partial charge is 0.247 e. The summed E-state index contributed by atoms with van der Waals surface area (Å²) in [6.45, 7) is -0.0944. The van der Waals surface area contributed by atoms with Crippen molar-refractivity contribution in [3.8, 4) is 66.8 Å². The Morgan fingerprint density at radius 2 is 0.696 bits per heavy atom. The number of hydrogen-bond donors (Lipinski definition) is 0. The van der Waals surface area contributed by atoms with Crippen LogP contribution in [-0.2, 0) is 5.41 Å². The number of rotatable bonds is 6. The Labute approximate surface area is 404 Å². The Balaban J connectivity index is 1.19. The maximum absolute atomic E-state index is 2.66. The number of anilines is 3. The quantitative estimate of drug-likeness (QED) is 0.151. The van der Waals surface area contributed by atoms with E-state index in [1.54, 1.807) is 0 Å². The second-order valence-corrected chi connectivity index (χ2v) is 18.7. The molecule has 69 heavy (non-hydrogen) atoms. The van der Waals surface area contributed by atoms with Crippen molar-refractivity contribution in [2.24, 2.45) is 0 Å². The highest BCUT2D eigenvalue weighted by molar-refractivity contribution is 6.99. The van der Waals surface area contributed by atoms with Crippen molar-refractivity contribution in [1.29, 1.82) is 0 Å². The average molecular weight is 874 g/mol. The predicted molar refractivity (Wildman–Crippen MR) is 290 cm³/mol. The summed E-state index contributed by atoms with van der Waals surface area (Å²) in [5, 5.41) is 0. The first-order chi connectivity index (χ1) is 34.3. The summed E-state index contributed by atoms with van der Waals surface area (Å²) < 4.78 is 0. The predicted octanol–water partition coefficient (Wildman–Crippen LogP) is 15.0. The summed E-state index contributed by atoms with van der Waals surface area (Å²) in [5.41, 5.74) is 26.8. The summed E-state index contributed by atoms with van der Waals surface area (Å²) in [4.78, 5) is 2.66. The molecule has 320 valence electrons. The Morgan fingerprint density at radius 3 is 1.23 bits per heavy atom. The van der Waals surface area contributed by atoms with E-state index >= 15 is 0 Å². The van der Waals surface area contributed by atoms with Crippen molar-refractivity contribution in [2.75, 3.05) is 4.90 Å². The number of hydrogen-bond acceptors (Lipinski definition) is 1. The van der Waals surface area contributed by atoms with E-state index < -0.39 is 5.41 Å². The third-order valence-corrected chi connectivity index (χ3v) is 15.1. The van der Waals surface area contributed by atoms with E-state index in [4.69, 9.17) is 0 Å². The lowest BCUT2D eigenvalue weighted by atomic mass is 9.29. The van der Waals surface area contributed by atoms with Crippen LogP contribution in [0.5, 0.6) is 0 Å². The van der Waals surface area contributed by atoms with Gasteiger partial charge in [-0.05, 0) is 107 Å². The highest BCUT2D eigenvalue weighted by Crippen LogP contribution is 2.59. The van der Waals surface area contributed by atoms with Gasteiger partial charge in [-0.1, -0.05) is 254 Å². The fraction of sp³-hybridized carbons (Fsp3) is 0.0149.